The molecule has 0 spiro atoms. The fourth-order valence-electron chi connectivity index (χ4n) is 4.36. The van der Waals surface area contributed by atoms with Crippen molar-refractivity contribution in [3.05, 3.63) is 71.3 Å². The van der Waals surface area contributed by atoms with Gasteiger partial charge in [-0.3, -0.25) is 0 Å². The summed E-state index contributed by atoms with van der Waals surface area (Å²) < 4.78 is 19.5. The number of methoxy groups -OCH3 is 1. The average molecular weight is 480 g/mol. The zero-order chi connectivity index (χ0) is 24.9. The number of carbonyl (C=O) groups is 1. The van der Waals surface area contributed by atoms with Crippen LogP contribution in [0.2, 0.25) is 0 Å². The largest absolute Gasteiger partial charge is 0.494 e. The van der Waals surface area contributed by atoms with Crippen LogP contribution in [-0.2, 0) is 12.8 Å². The summed E-state index contributed by atoms with van der Waals surface area (Å²) >= 11 is 0. The number of carboxylic acid groups (broad SMARTS) is 1. The number of aromatic carboxylic acids is 1. The number of benzene rings is 2. The summed E-state index contributed by atoms with van der Waals surface area (Å²) in [5.74, 6) is -1.30. The Kier molecular flexibility index (Phi) is 7.45. The molecule has 1 fully saturated rings. The summed E-state index contributed by atoms with van der Waals surface area (Å²) in [6, 6.07) is 11.6. The number of aromatic nitrogens is 2. The van der Waals surface area contributed by atoms with Crippen LogP contribution >= 0.6 is 0 Å². The SMILES string of the molecule is COc1cc(C(=O)O)cc(CCc2cnc(Nc3ccc(N4C[C@@H](C)N[C@@H](C)C4)cc3)nc2)c1F. The molecule has 9 heteroatoms. The van der Waals surface area contributed by atoms with Gasteiger partial charge in [-0.15, -0.1) is 0 Å². The smallest absolute Gasteiger partial charge is 0.335 e. The molecule has 0 bridgehead atoms. The van der Waals surface area contributed by atoms with E-state index in [0.717, 1.165) is 24.3 Å². The van der Waals surface area contributed by atoms with E-state index in [0.29, 0.717) is 30.9 Å². The Labute approximate surface area is 204 Å². The quantitative estimate of drug-likeness (QED) is 0.445. The number of rotatable bonds is 8. The Morgan fingerprint density at radius 1 is 1.14 bits per heavy atom. The Bertz CT molecular complexity index is 1160. The van der Waals surface area contributed by atoms with Crippen LogP contribution < -0.4 is 20.3 Å². The van der Waals surface area contributed by atoms with Crippen LogP contribution in [0.4, 0.5) is 21.7 Å². The Morgan fingerprint density at radius 2 is 1.80 bits per heavy atom. The normalized spacial score (nSPS) is 17.8. The van der Waals surface area contributed by atoms with Crippen molar-refractivity contribution in [3.63, 3.8) is 0 Å². The van der Waals surface area contributed by atoms with E-state index in [2.05, 4.69) is 51.5 Å². The van der Waals surface area contributed by atoms with E-state index in [1.165, 1.54) is 24.9 Å². The molecular weight excluding hydrogens is 449 g/mol. The van der Waals surface area contributed by atoms with Crippen LogP contribution in [0.1, 0.15) is 35.3 Å². The Balaban J connectivity index is 1.37. The van der Waals surface area contributed by atoms with Crippen molar-refractivity contribution in [3.8, 4) is 5.75 Å². The predicted molar refractivity (Wildman–Crippen MR) is 133 cm³/mol. The highest BCUT2D eigenvalue weighted by molar-refractivity contribution is 5.88. The summed E-state index contributed by atoms with van der Waals surface area (Å²) in [6.07, 6.45) is 4.12. The number of hydrogen-bond donors (Lipinski definition) is 3. The molecule has 0 aliphatic carbocycles. The second-order valence-electron chi connectivity index (χ2n) is 8.92. The van der Waals surface area contributed by atoms with Gasteiger partial charge in [-0.1, -0.05) is 0 Å². The average Bonchev–Trinajstić information content (AvgIpc) is 2.84. The molecular formula is C26H30FN5O3. The van der Waals surface area contributed by atoms with E-state index in [4.69, 9.17) is 4.74 Å². The van der Waals surface area contributed by atoms with Gasteiger partial charge in [0, 0.05) is 48.9 Å². The van der Waals surface area contributed by atoms with Crippen LogP contribution in [0.25, 0.3) is 0 Å². The molecule has 1 aliphatic rings. The third-order valence-electron chi connectivity index (χ3n) is 6.02. The highest BCUT2D eigenvalue weighted by Gasteiger charge is 2.21. The van der Waals surface area contributed by atoms with Crippen molar-refractivity contribution < 1.29 is 19.0 Å². The van der Waals surface area contributed by atoms with Gasteiger partial charge < -0.3 is 25.4 Å². The number of anilines is 3. The van der Waals surface area contributed by atoms with E-state index in [1.54, 1.807) is 12.4 Å². The van der Waals surface area contributed by atoms with Gasteiger partial charge in [0.25, 0.3) is 0 Å². The molecule has 0 saturated carbocycles. The maximum absolute atomic E-state index is 14.5. The zero-order valence-electron chi connectivity index (χ0n) is 20.1. The molecule has 35 heavy (non-hydrogen) atoms. The van der Waals surface area contributed by atoms with Crippen molar-refractivity contribution >= 4 is 23.3 Å². The standard InChI is InChI=1S/C26H30FN5O3/c1-16-14-32(15-17(2)30-16)22-8-6-21(7-9-22)31-26-28-12-18(13-29-26)4-5-19-10-20(25(33)34)11-23(35-3)24(19)27/h6-13,16-17,30H,4-5,14-15H2,1-3H3,(H,33,34)(H,28,29,31)/t16-,17+. The van der Waals surface area contributed by atoms with Crippen molar-refractivity contribution in [2.45, 2.75) is 38.8 Å². The van der Waals surface area contributed by atoms with Crippen molar-refractivity contribution in [2.75, 3.05) is 30.4 Å². The van der Waals surface area contributed by atoms with Crippen molar-refractivity contribution in [1.29, 1.82) is 0 Å². The first-order valence-electron chi connectivity index (χ1n) is 11.6. The number of hydrogen-bond acceptors (Lipinski definition) is 7. The number of halogens is 1. The minimum absolute atomic E-state index is 0.0129. The molecule has 2 atom stereocenters. The number of aryl methyl sites for hydroxylation is 2. The first-order valence-corrected chi connectivity index (χ1v) is 11.6. The zero-order valence-corrected chi connectivity index (χ0v) is 20.1. The Hall–Kier alpha value is -3.72. The number of piperazine rings is 1. The van der Waals surface area contributed by atoms with Crippen LogP contribution in [-0.4, -0.2) is 53.3 Å². The first kappa shape index (κ1) is 24.4. The summed E-state index contributed by atoms with van der Waals surface area (Å²) in [7, 11) is 1.31. The van der Waals surface area contributed by atoms with Gasteiger partial charge in [0.05, 0.1) is 12.7 Å². The molecule has 8 nitrogen and oxygen atoms in total. The van der Waals surface area contributed by atoms with Gasteiger partial charge in [-0.2, -0.15) is 0 Å². The van der Waals surface area contributed by atoms with E-state index in [1.807, 2.05) is 12.1 Å². The van der Waals surface area contributed by atoms with Crippen LogP contribution in [0.5, 0.6) is 5.75 Å². The highest BCUT2D eigenvalue weighted by atomic mass is 19.1. The second-order valence-corrected chi connectivity index (χ2v) is 8.92. The molecule has 3 N–H and O–H groups in total. The van der Waals surface area contributed by atoms with Crippen LogP contribution in [0, 0.1) is 5.82 Å². The van der Waals surface area contributed by atoms with E-state index < -0.39 is 11.8 Å². The lowest BCUT2D eigenvalue weighted by Crippen LogP contribution is -2.54. The summed E-state index contributed by atoms with van der Waals surface area (Å²) in [4.78, 5) is 22.4. The van der Waals surface area contributed by atoms with Gasteiger partial charge in [-0.25, -0.2) is 19.2 Å². The number of carboxylic acids is 1. The highest BCUT2D eigenvalue weighted by Crippen LogP contribution is 2.25. The van der Waals surface area contributed by atoms with Gasteiger partial charge in [0.2, 0.25) is 5.95 Å². The molecule has 4 rings (SSSR count). The van der Waals surface area contributed by atoms with Gasteiger partial charge in [-0.05, 0) is 74.2 Å². The lowest BCUT2D eigenvalue weighted by Gasteiger charge is -2.37. The van der Waals surface area contributed by atoms with Gasteiger partial charge >= 0.3 is 5.97 Å². The predicted octanol–water partition coefficient (Wildman–Crippen LogP) is 4.04. The fraction of sp³-hybridized carbons (Fsp3) is 0.346. The van der Waals surface area contributed by atoms with E-state index in [9.17, 15) is 14.3 Å². The molecule has 1 aliphatic heterocycles. The third-order valence-corrected chi connectivity index (χ3v) is 6.02. The summed E-state index contributed by atoms with van der Waals surface area (Å²) in [6.45, 7) is 6.33. The summed E-state index contributed by atoms with van der Waals surface area (Å²) in [5, 5.41) is 16.0. The van der Waals surface area contributed by atoms with E-state index >= 15 is 0 Å². The molecule has 0 amide bonds. The Morgan fingerprint density at radius 3 is 2.40 bits per heavy atom. The minimum atomic E-state index is -1.13. The number of nitrogens with zero attached hydrogens (tertiary/aromatic N) is 3. The topological polar surface area (TPSA) is 99.6 Å². The number of ether oxygens (including phenoxy) is 1. The van der Waals surface area contributed by atoms with Crippen molar-refractivity contribution in [2.24, 2.45) is 0 Å². The molecule has 3 aromatic rings. The molecule has 2 heterocycles. The molecule has 0 radical (unpaired) electrons. The van der Waals surface area contributed by atoms with Crippen molar-refractivity contribution in [1.82, 2.24) is 15.3 Å². The second kappa shape index (κ2) is 10.7. The fourth-order valence-corrected chi connectivity index (χ4v) is 4.36. The molecule has 184 valence electrons. The van der Waals surface area contributed by atoms with Gasteiger partial charge in [0.15, 0.2) is 11.6 Å². The lowest BCUT2D eigenvalue weighted by molar-refractivity contribution is 0.0696. The van der Waals surface area contributed by atoms with Crippen LogP contribution in [0.3, 0.4) is 0 Å². The molecule has 0 unspecified atom stereocenters. The maximum atomic E-state index is 14.5. The van der Waals surface area contributed by atoms with Crippen LogP contribution in [0.15, 0.2) is 48.8 Å². The molecule has 1 aromatic heterocycles. The minimum Gasteiger partial charge on any atom is -0.494 e. The lowest BCUT2D eigenvalue weighted by atomic mass is 10.0. The monoisotopic (exact) mass is 479 g/mol. The summed E-state index contributed by atoms with van der Waals surface area (Å²) in [5.41, 5.74) is 3.14. The van der Waals surface area contributed by atoms with Gasteiger partial charge in [0.1, 0.15) is 0 Å². The van der Waals surface area contributed by atoms with E-state index in [-0.39, 0.29) is 16.9 Å². The number of nitrogens with one attached hydrogen (secondary N) is 2. The molecule has 2 aromatic carbocycles. The third kappa shape index (κ3) is 6.05. The maximum Gasteiger partial charge on any atom is 0.335 e. The first-order chi connectivity index (χ1) is 16.8. The molecule has 1 saturated heterocycles.